The fourth-order valence-corrected chi connectivity index (χ4v) is 5.86. The van der Waals surface area contributed by atoms with Crippen molar-refractivity contribution in [3.05, 3.63) is 85.1 Å². The second kappa shape index (κ2) is 8.38. The van der Waals surface area contributed by atoms with Crippen LogP contribution in [0.15, 0.2) is 79.3 Å². The van der Waals surface area contributed by atoms with Gasteiger partial charge in [-0.25, -0.2) is 13.9 Å². The number of phenols is 1. The number of aromatic hydroxyl groups is 1. The van der Waals surface area contributed by atoms with Gasteiger partial charge in [-0.05, 0) is 67.6 Å². The summed E-state index contributed by atoms with van der Waals surface area (Å²) in [5, 5.41) is 15.1. The van der Waals surface area contributed by atoms with Gasteiger partial charge in [-0.3, -0.25) is 9.88 Å². The number of anilines is 1. The Morgan fingerprint density at radius 1 is 0.919 bits per heavy atom. The summed E-state index contributed by atoms with van der Waals surface area (Å²) >= 11 is 0. The molecule has 2 aliphatic rings. The summed E-state index contributed by atoms with van der Waals surface area (Å²) in [5.41, 5.74) is 5.65. The number of fused-ring (bicyclic) bond motifs is 3. The van der Waals surface area contributed by atoms with Crippen LogP contribution in [0, 0.1) is 5.82 Å². The second-order valence-electron chi connectivity index (χ2n) is 9.87. The summed E-state index contributed by atoms with van der Waals surface area (Å²) in [7, 11) is 2.16. The molecule has 2 aromatic carbocycles. The molecular weight excluding hydrogens is 467 g/mol. The third kappa shape index (κ3) is 3.55. The van der Waals surface area contributed by atoms with E-state index in [2.05, 4.69) is 26.8 Å². The highest BCUT2D eigenvalue weighted by Gasteiger charge is 2.41. The van der Waals surface area contributed by atoms with Gasteiger partial charge in [-0.1, -0.05) is 12.1 Å². The standard InChI is InChI=1S/C29H25FN6O/c1-34-16-22-14-21(34)17-35(22)20-5-6-24(25(30)15-20)26-9-12-32-29-27(19-3-2-4-23(37)13-19)28(33-36(26)29)18-7-10-31-11-8-18/h2-13,15,21-22,37H,14,16-17H2,1H3/t21-,22+/m0/s1. The van der Waals surface area contributed by atoms with E-state index in [0.29, 0.717) is 34.7 Å². The molecule has 1 N–H and O–H groups in total. The molecule has 0 aliphatic carbocycles. The van der Waals surface area contributed by atoms with E-state index < -0.39 is 0 Å². The van der Waals surface area contributed by atoms with Crippen molar-refractivity contribution in [2.45, 2.75) is 18.5 Å². The number of rotatable bonds is 4. The lowest BCUT2D eigenvalue weighted by Crippen LogP contribution is -2.44. The van der Waals surface area contributed by atoms with Gasteiger partial charge in [-0.2, -0.15) is 5.10 Å². The Morgan fingerprint density at radius 3 is 2.51 bits per heavy atom. The molecule has 184 valence electrons. The van der Waals surface area contributed by atoms with Crippen LogP contribution in [0.3, 0.4) is 0 Å². The molecule has 5 aromatic rings. The van der Waals surface area contributed by atoms with Crippen LogP contribution in [0.5, 0.6) is 5.75 Å². The normalized spacial score (nSPS) is 19.2. The first-order valence-electron chi connectivity index (χ1n) is 12.4. The van der Waals surface area contributed by atoms with Crippen molar-refractivity contribution >= 4 is 11.3 Å². The van der Waals surface area contributed by atoms with Crippen LogP contribution in [0.4, 0.5) is 10.1 Å². The third-order valence-electron chi connectivity index (χ3n) is 7.68. The number of likely N-dealkylation sites (tertiary alicyclic amines) is 1. The average molecular weight is 493 g/mol. The predicted molar refractivity (Wildman–Crippen MR) is 141 cm³/mol. The number of piperazine rings is 1. The van der Waals surface area contributed by atoms with Crippen LogP contribution >= 0.6 is 0 Å². The maximum atomic E-state index is 15.7. The fourth-order valence-electron chi connectivity index (χ4n) is 5.86. The lowest BCUT2D eigenvalue weighted by molar-refractivity contribution is 0.292. The molecular formula is C29H25FN6O. The molecule has 0 spiro atoms. The number of nitrogens with zero attached hydrogens (tertiary/aromatic N) is 6. The maximum absolute atomic E-state index is 15.7. The van der Waals surface area contributed by atoms with E-state index >= 15 is 4.39 Å². The number of hydrogen-bond acceptors (Lipinski definition) is 6. The molecule has 3 aromatic heterocycles. The average Bonchev–Trinajstić information content (AvgIpc) is 3.61. The second-order valence-corrected chi connectivity index (χ2v) is 9.87. The quantitative estimate of drug-likeness (QED) is 0.386. The molecule has 0 unspecified atom stereocenters. The third-order valence-corrected chi connectivity index (χ3v) is 7.68. The van der Waals surface area contributed by atoms with Crippen LogP contribution < -0.4 is 4.90 Å². The molecule has 0 saturated carbocycles. The Kier molecular flexibility index (Phi) is 4.97. The van der Waals surface area contributed by atoms with Gasteiger partial charge in [-0.15, -0.1) is 0 Å². The number of pyridine rings is 1. The summed E-state index contributed by atoms with van der Waals surface area (Å²) in [4.78, 5) is 13.5. The molecule has 2 fully saturated rings. The molecule has 5 heterocycles. The highest BCUT2D eigenvalue weighted by atomic mass is 19.1. The molecule has 37 heavy (non-hydrogen) atoms. The molecule has 2 bridgehead atoms. The summed E-state index contributed by atoms with van der Waals surface area (Å²) in [6.45, 7) is 1.95. The zero-order valence-electron chi connectivity index (χ0n) is 20.3. The van der Waals surface area contributed by atoms with Crippen LogP contribution in [-0.2, 0) is 0 Å². The predicted octanol–water partition coefficient (Wildman–Crippen LogP) is 4.86. The zero-order valence-corrected chi connectivity index (χ0v) is 20.3. The van der Waals surface area contributed by atoms with Gasteiger partial charge in [0.05, 0.1) is 11.3 Å². The lowest BCUT2D eigenvalue weighted by atomic mass is 10.0. The minimum atomic E-state index is -0.291. The summed E-state index contributed by atoms with van der Waals surface area (Å²) in [6, 6.07) is 19.0. The van der Waals surface area contributed by atoms with Crippen molar-refractivity contribution in [1.82, 2.24) is 24.5 Å². The SMILES string of the molecule is CN1C[C@H]2C[C@H]1CN2c1ccc(-c2ccnc3c(-c4cccc(O)c4)c(-c4ccncc4)nn23)c(F)c1. The van der Waals surface area contributed by atoms with Crippen molar-refractivity contribution < 1.29 is 9.50 Å². The summed E-state index contributed by atoms with van der Waals surface area (Å²) < 4.78 is 17.4. The van der Waals surface area contributed by atoms with E-state index in [9.17, 15) is 5.11 Å². The van der Waals surface area contributed by atoms with Crippen molar-refractivity contribution in [2.24, 2.45) is 0 Å². The summed E-state index contributed by atoms with van der Waals surface area (Å²) in [5.74, 6) is -0.141. The number of halogens is 1. The Morgan fingerprint density at radius 2 is 1.78 bits per heavy atom. The smallest absolute Gasteiger partial charge is 0.164 e. The van der Waals surface area contributed by atoms with E-state index in [-0.39, 0.29) is 11.6 Å². The van der Waals surface area contributed by atoms with Crippen LogP contribution in [0.2, 0.25) is 0 Å². The Hall–Kier alpha value is -4.30. The molecule has 7 rings (SSSR count). The highest BCUT2D eigenvalue weighted by molar-refractivity contribution is 5.91. The topological polar surface area (TPSA) is 69.8 Å². The van der Waals surface area contributed by atoms with E-state index in [0.717, 1.165) is 41.9 Å². The Bertz CT molecular complexity index is 1630. The molecule has 0 amide bonds. The number of aromatic nitrogens is 4. The van der Waals surface area contributed by atoms with Crippen molar-refractivity contribution in [3.8, 4) is 39.4 Å². The van der Waals surface area contributed by atoms with Crippen molar-refractivity contribution in [3.63, 3.8) is 0 Å². The minimum absolute atomic E-state index is 0.150. The number of likely N-dealkylation sites (N-methyl/N-ethyl adjacent to an activating group) is 1. The van der Waals surface area contributed by atoms with Gasteiger partial charge in [0.15, 0.2) is 5.65 Å². The van der Waals surface area contributed by atoms with Gasteiger partial charge >= 0.3 is 0 Å². The van der Waals surface area contributed by atoms with Crippen LogP contribution in [-0.4, -0.2) is 61.8 Å². The molecule has 7 nitrogen and oxygen atoms in total. The number of phenolic OH excluding ortho intramolecular Hbond substituents is 1. The summed E-state index contributed by atoms with van der Waals surface area (Å²) in [6.07, 6.45) is 6.23. The van der Waals surface area contributed by atoms with Gasteiger partial charge in [0, 0.05) is 60.6 Å². The van der Waals surface area contributed by atoms with Crippen molar-refractivity contribution in [1.29, 1.82) is 0 Å². The molecule has 2 saturated heterocycles. The highest BCUT2D eigenvalue weighted by Crippen LogP contribution is 2.39. The number of hydrogen-bond donors (Lipinski definition) is 1. The van der Waals surface area contributed by atoms with Crippen LogP contribution in [0.1, 0.15) is 6.42 Å². The minimum Gasteiger partial charge on any atom is -0.508 e. The van der Waals surface area contributed by atoms with Gasteiger partial charge in [0.25, 0.3) is 0 Å². The van der Waals surface area contributed by atoms with Gasteiger partial charge < -0.3 is 10.0 Å². The van der Waals surface area contributed by atoms with Gasteiger partial charge in [0.2, 0.25) is 0 Å². The van der Waals surface area contributed by atoms with E-state index in [1.165, 1.54) is 0 Å². The fraction of sp³-hybridized carbons (Fsp3) is 0.207. The molecule has 0 radical (unpaired) electrons. The first-order chi connectivity index (χ1) is 18.1. The molecule has 2 aliphatic heterocycles. The van der Waals surface area contributed by atoms with E-state index in [4.69, 9.17) is 5.10 Å². The first-order valence-corrected chi connectivity index (χ1v) is 12.4. The molecule has 8 heteroatoms. The monoisotopic (exact) mass is 492 g/mol. The Labute approximate surface area is 213 Å². The van der Waals surface area contributed by atoms with Crippen molar-refractivity contribution in [2.75, 3.05) is 25.0 Å². The molecule has 2 atom stereocenters. The zero-order chi connectivity index (χ0) is 25.1. The van der Waals surface area contributed by atoms with Gasteiger partial charge in [0.1, 0.15) is 17.3 Å². The largest absolute Gasteiger partial charge is 0.508 e. The van der Waals surface area contributed by atoms with E-state index in [1.54, 1.807) is 53.4 Å². The maximum Gasteiger partial charge on any atom is 0.164 e. The Balaban J connectivity index is 1.37. The lowest BCUT2D eigenvalue weighted by Gasteiger charge is -2.33. The first kappa shape index (κ1) is 21.9. The van der Waals surface area contributed by atoms with Crippen LogP contribution in [0.25, 0.3) is 39.3 Å². The van der Waals surface area contributed by atoms with E-state index in [1.807, 2.05) is 30.3 Å². The number of benzene rings is 2.